The van der Waals surface area contributed by atoms with Crippen LogP contribution in [0.4, 0.5) is 29.3 Å². The summed E-state index contributed by atoms with van der Waals surface area (Å²) in [4.78, 5) is 28.6. The Balaban J connectivity index is 1.93. The van der Waals surface area contributed by atoms with Crippen molar-refractivity contribution >= 4 is 23.4 Å². The molecule has 0 aliphatic carbocycles. The van der Waals surface area contributed by atoms with Gasteiger partial charge < -0.3 is 19.9 Å². The molecule has 0 radical (unpaired) electrons. The fraction of sp³-hybridized carbons (Fsp3) is 0.136. The first-order valence-electron chi connectivity index (χ1n) is 9.30. The van der Waals surface area contributed by atoms with Crippen molar-refractivity contribution in [2.75, 3.05) is 19.1 Å². The van der Waals surface area contributed by atoms with Gasteiger partial charge in [0, 0.05) is 6.20 Å². The van der Waals surface area contributed by atoms with Crippen molar-refractivity contribution in [3.63, 3.8) is 0 Å². The first kappa shape index (κ1) is 23.4. The van der Waals surface area contributed by atoms with Crippen LogP contribution in [0.2, 0.25) is 0 Å². The fourth-order valence-electron chi connectivity index (χ4n) is 2.93. The molecule has 1 heterocycles. The summed E-state index contributed by atoms with van der Waals surface area (Å²) in [6.07, 6.45) is -1.94. The number of nitrogens with two attached hydrogens (primary N) is 1. The molecule has 3 rings (SSSR count). The van der Waals surface area contributed by atoms with Crippen molar-refractivity contribution in [1.82, 2.24) is 4.98 Å². The number of hydrogen-bond donors (Lipinski definition) is 1. The minimum absolute atomic E-state index is 0.0211. The second kappa shape index (κ2) is 9.47. The molecule has 0 saturated heterocycles. The van der Waals surface area contributed by atoms with Gasteiger partial charge in [-0.15, -0.1) is 0 Å². The number of alkyl halides is 3. The predicted octanol–water partition coefficient (Wildman–Crippen LogP) is 4.90. The molecule has 8 nitrogen and oxygen atoms in total. The maximum atomic E-state index is 13.2. The maximum Gasteiger partial charge on any atom is 0.416 e. The summed E-state index contributed by atoms with van der Waals surface area (Å²) in [7, 11) is 2.50. The highest BCUT2D eigenvalue weighted by Gasteiger charge is 2.32. The zero-order valence-electron chi connectivity index (χ0n) is 17.4. The van der Waals surface area contributed by atoms with Gasteiger partial charge in [-0.1, -0.05) is 0 Å². The number of carbonyl (C=O) groups excluding carboxylic acids is 2. The molecule has 0 unspecified atom stereocenters. The van der Waals surface area contributed by atoms with E-state index in [2.05, 4.69) is 9.72 Å². The van der Waals surface area contributed by atoms with E-state index in [0.717, 1.165) is 23.1 Å². The van der Waals surface area contributed by atoms with E-state index in [0.29, 0.717) is 5.75 Å². The summed E-state index contributed by atoms with van der Waals surface area (Å²) in [6, 6.07) is 8.92. The molecule has 1 aromatic heterocycles. The Labute approximate surface area is 186 Å². The number of benzene rings is 2. The number of amides is 2. The third-order valence-corrected chi connectivity index (χ3v) is 4.43. The molecule has 33 heavy (non-hydrogen) atoms. The van der Waals surface area contributed by atoms with Crippen molar-refractivity contribution in [1.29, 1.82) is 0 Å². The number of rotatable bonds is 6. The predicted molar refractivity (Wildman–Crippen MR) is 112 cm³/mol. The quantitative estimate of drug-likeness (QED) is 0.524. The molecule has 0 bridgehead atoms. The maximum absolute atomic E-state index is 13.2. The standard InChI is InChI=1S/C22H18F3N3O5/c1-31-19-8-3-14(22(23,24)25)10-18(19)28(21(26)30)15-4-6-16(7-5-15)33-17-9-13(11-27-12-17)20(29)32-2/h3-12H,1-2H3,(H2,26,30). The average Bonchev–Trinajstić information content (AvgIpc) is 2.79. The topological polar surface area (TPSA) is 104 Å². The van der Waals surface area contributed by atoms with Crippen LogP contribution >= 0.6 is 0 Å². The van der Waals surface area contributed by atoms with Crippen LogP contribution in [-0.4, -0.2) is 31.2 Å². The van der Waals surface area contributed by atoms with Crippen molar-refractivity contribution in [3.8, 4) is 17.2 Å². The van der Waals surface area contributed by atoms with Crippen molar-refractivity contribution < 1.29 is 37.0 Å². The number of methoxy groups -OCH3 is 2. The van der Waals surface area contributed by atoms with Gasteiger partial charge in [-0.25, -0.2) is 9.59 Å². The Kier molecular flexibility index (Phi) is 6.71. The second-order valence-electron chi connectivity index (χ2n) is 6.55. The van der Waals surface area contributed by atoms with E-state index in [1.165, 1.54) is 56.9 Å². The number of pyridine rings is 1. The number of carbonyl (C=O) groups is 2. The molecule has 0 aliphatic rings. The average molecular weight is 461 g/mol. The molecule has 0 fully saturated rings. The molecular weight excluding hydrogens is 443 g/mol. The highest BCUT2D eigenvalue weighted by molar-refractivity contribution is 6.00. The van der Waals surface area contributed by atoms with E-state index in [-0.39, 0.29) is 28.4 Å². The number of ether oxygens (including phenoxy) is 3. The minimum atomic E-state index is -4.63. The number of urea groups is 1. The van der Waals surface area contributed by atoms with Crippen LogP contribution in [0.15, 0.2) is 60.9 Å². The fourth-order valence-corrected chi connectivity index (χ4v) is 2.93. The molecule has 11 heteroatoms. The van der Waals surface area contributed by atoms with Crippen LogP contribution in [0.5, 0.6) is 17.2 Å². The Morgan fingerprint density at radius 1 is 0.970 bits per heavy atom. The number of nitrogens with zero attached hydrogens (tertiary/aromatic N) is 2. The van der Waals surface area contributed by atoms with E-state index in [4.69, 9.17) is 15.2 Å². The van der Waals surface area contributed by atoms with Crippen LogP contribution < -0.4 is 20.1 Å². The van der Waals surface area contributed by atoms with Crippen molar-refractivity contribution in [3.05, 3.63) is 72.1 Å². The van der Waals surface area contributed by atoms with E-state index in [9.17, 15) is 22.8 Å². The molecular formula is C22H18F3N3O5. The molecule has 0 saturated carbocycles. The Bertz CT molecular complexity index is 1170. The summed E-state index contributed by atoms with van der Waals surface area (Å²) < 4.78 is 55.0. The van der Waals surface area contributed by atoms with Gasteiger partial charge in [-0.2, -0.15) is 13.2 Å². The van der Waals surface area contributed by atoms with E-state index >= 15 is 0 Å². The number of anilines is 2. The SMILES string of the molecule is COC(=O)c1cncc(Oc2ccc(N(C(N)=O)c3cc(C(F)(F)F)ccc3OC)cc2)c1. The largest absolute Gasteiger partial charge is 0.495 e. The smallest absolute Gasteiger partial charge is 0.416 e. The minimum Gasteiger partial charge on any atom is -0.495 e. The molecule has 0 spiro atoms. The van der Waals surface area contributed by atoms with E-state index in [1.807, 2.05) is 0 Å². The van der Waals surface area contributed by atoms with Crippen molar-refractivity contribution in [2.24, 2.45) is 5.73 Å². The number of primary amides is 1. The van der Waals surface area contributed by atoms with Gasteiger partial charge >= 0.3 is 18.2 Å². The lowest BCUT2D eigenvalue weighted by Gasteiger charge is -2.24. The van der Waals surface area contributed by atoms with Crippen LogP contribution in [-0.2, 0) is 10.9 Å². The van der Waals surface area contributed by atoms with Gasteiger partial charge in [0.1, 0.15) is 17.2 Å². The number of halogens is 3. The zero-order chi connectivity index (χ0) is 24.2. The third kappa shape index (κ3) is 5.32. The summed E-state index contributed by atoms with van der Waals surface area (Å²) in [5, 5.41) is 0. The molecule has 0 atom stereocenters. The molecule has 3 aromatic rings. The van der Waals surface area contributed by atoms with Crippen LogP contribution in [0.25, 0.3) is 0 Å². The lowest BCUT2D eigenvalue weighted by Crippen LogP contribution is -2.32. The van der Waals surface area contributed by atoms with Crippen LogP contribution in [0, 0.1) is 0 Å². The molecule has 2 amide bonds. The summed E-state index contributed by atoms with van der Waals surface area (Å²) >= 11 is 0. The zero-order valence-corrected chi connectivity index (χ0v) is 17.4. The van der Waals surface area contributed by atoms with Gasteiger partial charge in [0.15, 0.2) is 0 Å². The van der Waals surface area contributed by atoms with Crippen molar-refractivity contribution in [2.45, 2.75) is 6.18 Å². The first-order valence-corrected chi connectivity index (χ1v) is 9.30. The Morgan fingerprint density at radius 2 is 1.67 bits per heavy atom. The number of esters is 1. The third-order valence-electron chi connectivity index (χ3n) is 4.43. The van der Waals surface area contributed by atoms with Gasteiger partial charge in [0.2, 0.25) is 0 Å². The van der Waals surface area contributed by atoms with Crippen LogP contribution in [0.3, 0.4) is 0 Å². The van der Waals surface area contributed by atoms with E-state index < -0.39 is 23.7 Å². The Hall–Kier alpha value is -4.28. The molecule has 2 N–H and O–H groups in total. The number of aromatic nitrogens is 1. The Morgan fingerprint density at radius 3 is 2.24 bits per heavy atom. The van der Waals surface area contributed by atoms with Gasteiger partial charge in [0.25, 0.3) is 0 Å². The monoisotopic (exact) mass is 461 g/mol. The van der Waals surface area contributed by atoms with Gasteiger partial charge in [0.05, 0.1) is 42.9 Å². The lowest BCUT2D eigenvalue weighted by atomic mass is 10.1. The lowest BCUT2D eigenvalue weighted by molar-refractivity contribution is -0.137. The normalized spacial score (nSPS) is 10.9. The highest BCUT2D eigenvalue weighted by Crippen LogP contribution is 2.39. The highest BCUT2D eigenvalue weighted by atomic mass is 19.4. The van der Waals surface area contributed by atoms with E-state index in [1.54, 1.807) is 0 Å². The molecule has 0 aliphatic heterocycles. The molecule has 172 valence electrons. The first-order chi connectivity index (χ1) is 15.6. The number of hydrogen-bond acceptors (Lipinski definition) is 6. The molecule has 2 aromatic carbocycles. The summed E-state index contributed by atoms with van der Waals surface area (Å²) in [6.45, 7) is 0. The summed E-state index contributed by atoms with van der Waals surface area (Å²) in [5.74, 6) is -0.0109. The van der Waals surface area contributed by atoms with Crippen LogP contribution in [0.1, 0.15) is 15.9 Å². The second-order valence-corrected chi connectivity index (χ2v) is 6.55. The van der Waals surface area contributed by atoms with Gasteiger partial charge in [-0.05, 0) is 48.5 Å². The summed E-state index contributed by atoms with van der Waals surface area (Å²) in [5.41, 5.74) is 4.68. The van der Waals surface area contributed by atoms with Gasteiger partial charge in [-0.3, -0.25) is 9.88 Å².